The quantitative estimate of drug-likeness (QED) is 0.106. The standard InChI is InChI=1S/C31H51N3O4/c1-2-3-4-5-6-7-8-9-10-11-12-13-14-15-16-17-24-33(31(32)37)28-19-18-25-34(28)29(36)30(34)38-27-22-20-26(35)21-23-27/h20-23,28,30H,2-19,24-25H2,1H3,(H2-,32,35,37)/p+1. The molecule has 2 fully saturated rings. The Hall–Kier alpha value is -2.28. The van der Waals surface area contributed by atoms with Crippen LogP contribution in [0, 0.1) is 0 Å². The number of ether oxygens (including phenoxy) is 1. The van der Waals surface area contributed by atoms with Crippen molar-refractivity contribution < 1.29 is 23.9 Å². The minimum atomic E-state index is -0.598. The van der Waals surface area contributed by atoms with Crippen molar-refractivity contribution in [1.29, 1.82) is 0 Å². The van der Waals surface area contributed by atoms with Crippen LogP contribution in [0.25, 0.3) is 0 Å². The number of amides is 3. The average Bonchev–Trinajstić information content (AvgIpc) is 3.22. The van der Waals surface area contributed by atoms with Gasteiger partial charge in [0, 0.05) is 19.4 Å². The summed E-state index contributed by atoms with van der Waals surface area (Å²) in [7, 11) is 0. The number of rotatable bonds is 20. The highest BCUT2D eigenvalue weighted by atomic mass is 16.5. The van der Waals surface area contributed by atoms with Gasteiger partial charge < -0.3 is 15.6 Å². The van der Waals surface area contributed by atoms with Gasteiger partial charge in [0.2, 0.25) is 0 Å². The summed E-state index contributed by atoms with van der Waals surface area (Å²) in [5, 5.41) is 9.49. The van der Waals surface area contributed by atoms with Gasteiger partial charge in [-0.1, -0.05) is 103 Å². The van der Waals surface area contributed by atoms with Gasteiger partial charge >= 0.3 is 18.2 Å². The number of hydrogen-bond acceptors (Lipinski definition) is 4. The van der Waals surface area contributed by atoms with E-state index in [4.69, 9.17) is 10.5 Å². The van der Waals surface area contributed by atoms with E-state index in [-0.39, 0.29) is 22.3 Å². The van der Waals surface area contributed by atoms with Crippen molar-refractivity contribution in [2.24, 2.45) is 5.73 Å². The Morgan fingerprint density at radius 1 is 0.895 bits per heavy atom. The molecule has 3 atom stereocenters. The first kappa shape index (κ1) is 30.3. The van der Waals surface area contributed by atoms with E-state index in [9.17, 15) is 14.7 Å². The normalized spacial score (nSPS) is 22.2. The lowest BCUT2D eigenvalue weighted by Crippen LogP contribution is -2.53. The van der Waals surface area contributed by atoms with Crippen LogP contribution < -0.4 is 10.5 Å². The molecular formula is C31H52N3O4+. The highest BCUT2D eigenvalue weighted by Gasteiger charge is 2.77. The molecule has 2 aliphatic heterocycles. The molecule has 2 heterocycles. The maximum absolute atomic E-state index is 12.9. The molecule has 0 bridgehead atoms. The van der Waals surface area contributed by atoms with Crippen LogP contribution in [0.15, 0.2) is 24.3 Å². The minimum absolute atomic E-state index is 0.0128. The number of aromatic hydroxyl groups is 1. The highest BCUT2D eigenvalue weighted by Crippen LogP contribution is 2.45. The van der Waals surface area contributed by atoms with Crippen LogP contribution in [-0.4, -0.2) is 51.9 Å². The molecule has 7 nitrogen and oxygen atoms in total. The van der Waals surface area contributed by atoms with Gasteiger partial charge in [-0.05, 0) is 30.7 Å². The van der Waals surface area contributed by atoms with Gasteiger partial charge in [0.25, 0.3) is 0 Å². The van der Waals surface area contributed by atoms with Crippen molar-refractivity contribution >= 4 is 11.9 Å². The van der Waals surface area contributed by atoms with Crippen molar-refractivity contribution in [3.63, 3.8) is 0 Å². The molecule has 214 valence electrons. The van der Waals surface area contributed by atoms with Crippen LogP contribution in [0.5, 0.6) is 11.5 Å². The lowest BCUT2D eigenvalue weighted by atomic mass is 10.0. The first-order valence-corrected chi connectivity index (χ1v) is 15.4. The van der Waals surface area contributed by atoms with Gasteiger partial charge in [-0.15, -0.1) is 0 Å². The van der Waals surface area contributed by atoms with E-state index >= 15 is 0 Å². The summed E-state index contributed by atoms with van der Waals surface area (Å²) in [5.74, 6) is 0.713. The molecule has 3 N–H and O–H groups in total. The molecule has 3 unspecified atom stereocenters. The van der Waals surface area contributed by atoms with Crippen LogP contribution in [0.2, 0.25) is 0 Å². The van der Waals surface area contributed by atoms with E-state index in [1.807, 2.05) is 0 Å². The Labute approximate surface area is 230 Å². The summed E-state index contributed by atoms with van der Waals surface area (Å²) in [6.45, 7) is 3.54. The second-order valence-electron chi connectivity index (χ2n) is 11.4. The largest absolute Gasteiger partial charge is 0.508 e. The molecular weight excluding hydrogens is 478 g/mol. The molecule has 0 saturated carbocycles. The molecule has 3 rings (SSSR count). The third-order valence-electron chi connectivity index (χ3n) is 8.47. The van der Waals surface area contributed by atoms with Gasteiger partial charge in [-0.3, -0.25) is 4.90 Å². The van der Waals surface area contributed by atoms with E-state index in [2.05, 4.69) is 6.92 Å². The van der Waals surface area contributed by atoms with Crippen LogP contribution in [-0.2, 0) is 4.79 Å². The third kappa shape index (κ3) is 8.62. The number of quaternary nitrogens is 1. The number of carbonyl (C=O) groups is 2. The maximum Gasteiger partial charge on any atom is 0.420 e. The fourth-order valence-electron chi connectivity index (χ4n) is 6.17. The number of carbonyl (C=O) groups excluding carboxylic acids is 2. The topological polar surface area (TPSA) is 92.9 Å². The van der Waals surface area contributed by atoms with Crippen molar-refractivity contribution in [2.75, 3.05) is 13.1 Å². The first-order valence-electron chi connectivity index (χ1n) is 15.4. The number of phenols is 1. The van der Waals surface area contributed by atoms with Gasteiger partial charge in [0.05, 0.1) is 6.54 Å². The number of urea groups is 1. The molecule has 1 spiro atoms. The minimum Gasteiger partial charge on any atom is -0.508 e. The zero-order valence-electron chi connectivity index (χ0n) is 23.7. The molecule has 2 saturated heterocycles. The van der Waals surface area contributed by atoms with Gasteiger partial charge in [-0.25, -0.2) is 9.59 Å². The maximum atomic E-state index is 12.9. The molecule has 0 radical (unpaired) electrons. The van der Waals surface area contributed by atoms with E-state index in [1.54, 1.807) is 29.2 Å². The number of benzene rings is 1. The van der Waals surface area contributed by atoms with Crippen molar-refractivity contribution in [2.45, 2.75) is 135 Å². The molecule has 0 aliphatic carbocycles. The number of primary amides is 1. The average molecular weight is 531 g/mol. The molecule has 2 aliphatic rings. The van der Waals surface area contributed by atoms with Crippen molar-refractivity contribution in [1.82, 2.24) is 4.90 Å². The smallest absolute Gasteiger partial charge is 0.420 e. The Kier molecular flexibility index (Phi) is 12.7. The molecule has 38 heavy (non-hydrogen) atoms. The molecule has 0 aromatic heterocycles. The summed E-state index contributed by atoms with van der Waals surface area (Å²) >= 11 is 0. The SMILES string of the molecule is CCCCCCCCCCCCCCCCCCN(C(N)=O)C1CCC[N+]12C(=O)C2Oc1ccc(O)cc1. The predicted octanol–water partition coefficient (Wildman–Crippen LogP) is 7.22. The number of unbranched alkanes of at least 4 members (excludes halogenated alkanes) is 15. The lowest BCUT2D eigenvalue weighted by molar-refractivity contribution is -0.815. The van der Waals surface area contributed by atoms with Crippen LogP contribution in [0.4, 0.5) is 4.79 Å². The Morgan fingerprint density at radius 2 is 1.39 bits per heavy atom. The highest BCUT2D eigenvalue weighted by molar-refractivity contribution is 5.86. The van der Waals surface area contributed by atoms with E-state index < -0.39 is 12.3 Å². The summed E-state index contributed by atoms with van der Waals surface area (Å²) in [5.41, 5.74) is 5.79. The fourth-order valence-corrected chi connectivity index (χ4v) is 6.17. The Bertz CT molecular complexity index is 846. The van der Waals surface area contributed by atoms with Gasteiger partial charge in [-0.2, -0.15) is 4.48 Å². The summed E-state index contributed by atoms with van der Waals surface area (Å²) in [6, 6.07) is 5.95. The summed E-state index contributed by atoms with van der Waals surface area (Å²) in [4.78, 5) is 27.0. The molecule has 7 heteroatoms. The van der Waals surface area contributed by atoms with Crippen LogP contribution in [0.3, 0.4) is 0 Å². The second-order valence-corrected chi connectivity index (χ2v) is 11.4. The Balaban J connectivity index is 1.27. The molecule has 1 aromatic rings. The number of nitrogens with zero attached hydrogens (tertiary/aromatic N) is 2. The van der Waals surface area contributed by atoms with E-state index in [0.717, 1.165) is 25.7 Å². The van der Waals surface area contributed by atoms with Crippen molar-refractivity contribution in [3.05, 3.63) is 24.3 Å². The fraction of sp³-hybridized carbons (Fsp3) is 0.742. The summed E-state index contributed by atoms with van der Waals surface area (Å²) in [6.07, 6.45) is 21.7. The third-order valence-corrected chi connectivity index (χ3v) is 8.47. The number of phenolic OH excluding ortho intramolecular Hbond substituents is 1. The summed E-state index contributed by atoms with van der Waals surface area (Å²) < 4.78 is 6.13. The van der Waals surface area contributed by atoms with E-state index in [1.165, 1.54) is 89.9 Å². The van der Waals surface area contributed by atoms with Gasteiger partial charge in [0.15, 0.2) is 6.17 Å². The monoisotopic (exact) mass is 530 g/mol. The predicted molar refractivity (Wildman–Crippen MR) is 152 cm³/mol. The lowest BCUT2D eigenvalue weighted by Gasteiger charge is -2.30. The Morgan fingerprint density at radius 3 is 1.89 bits per heavy atom. The molecule has 3 amide bonds. The zero-order valence-corrected chi connectivity index (χ0v) is 23.7. The van der Waals surface area contributed by atoms with Crippen LogP contribution >= 0.6 is 0 Å². The second kappa shape index (κ2) is 16.0. The number of hydrogen-bond donors (Lipinski definition) is 2. The van der Waals surface area contributed by atoms with E-state index in [0.29, 0.717) is 18.8 Å². The van der Waals surface area contributed by atoms with Crippen LogP contribution in [0.1, 0.15) is 122 Å². The number of nitrogens with two attached hydrogens (primary N) is 1. The first-order chi connectivity index (χ1) is 18.5. The zero-order chi connectivity index (χ0) is 27.2. The van der Waals surface area contributed by atoms with Gasteiger partial charge in [0.1, 0.15) is 11.5 Å². The van der Waals surface area contributed by atoms with Crippen molar-refractivity contribution in [3.8, 4) is 11.5 Å². The molecule has 1 aromatic carbocycles.